The topological polar surface area (TPSA) is 29.5 Å². The summed E-state index contributed by atoms with van der Waals surface area (Å²) in [5, 5.41) is 0. The summed E-state index contributed by atoms with van der Waals surface area (Å²) in [5.74, 6) is 0.842. The summed E-state index contributed by atoms with van der Waals surface area (Å²) < 4.78 is 5.40. The Hall–Kier alpha value is -0.570. The van der Waals surface area contributed by atoms with Crippen LogP contribution in [0.2, 0.25) is 0 Å². The molecule has 1 aliphatic carbocycles. The van der Waals surface area contributed by atoms with Gasteiger partial charge in [0.05, 0.1) is 0 Å². The summed E-state index contributed by atoms with van der Waals surface area (Å²) in [6.45, 7) is 8.35. The van der Waals surface area contributed by atoms with E-state index < -0.39 is 0 Å². The summed E-state index contributed by atoms with van der Waals surface area (Å²) in [4.78, 5) is 14.3. The Bertz CT molecular complexity index is 235. The molecule has 3 nitrogen and oxygen atoms in total. The van der Waals surface area contributed by atoms with E-state index >= 15 is 0 Å². The summed E-state index contributed by atoms with van der Waals surface area (Å²) >= 11 is 0. The Morgan fingerprint density at radius 3 is 2.56 bits per heavy atom. The highest BCUT2D eigenvalue weighted by molar-refractivity contribution is 5.77. The highest BCUT2D eigenvalue weighted by Gasteiger charge is 2.26. The van der Waals surface area contributed by atoms with Crippen molar-refractivity contribution < 1.29 is 9.53 Å². The average molecular weight is 255 g/mol. The molecule has 0 aromatic rings. The quantitative estimate of drug-likeness (QED) is 0.623. The molecule has 1 amide bonds. The van der Waals surface area contributed by atoms with Crippen LogP contribution in [-0.4, -0.2) is 36.6 Å². The van der Waals surface area contributed by atoms with Crippen LogP contribution in [-0.2, 0) is 9.53 Å². The van der Waals surface area contributed by atoms with Crippen LogP contribution in [0.5, 0.6) is 0 Å². The fourth-order valence-electron chi connectivity index (χ4n) is 2.51. The predicted molar refractivity (Wildman–Crippen MR) is 74.5 cm³/mol. The summed E-state index contributed by atoms with van der Waals surface area (Å²) in [5.41, 5.74) is 0. The van der Waals surface area contributed by atoms with E-state index in [1.807, 2.05) is 0 Å². The first-order valence-electron chi connectivity index (χ1n) is 7.52. The maximum Gasteiger partial charge on any atom is 0.248 e. The lowest BCUT2D eigenvalue weighted by Gasteiger charge is -2.29. The summed E-state index contributed by atoms with van der Waals surface area (Å²) in [7, 11) is 0. The van der Waals surface area contributed by atoms with Crippen molar-refractivity contribution in [3.05, 3.63) is 0 Å². The van der Waals surface area contributed by atoms with Gasteiger partial charge in [0.2, 0.25) is 5.91 Å². The number of ether oxygens (including phenoxy) is 1. The van der Waals surface area contributed by atoms with Crippen molar-refractivity contribution in [2.24, 2.45) is 5.92 Å². The molecular weight excluding hydrogens is 226 g/mol. The first kappa shape index (κ1) is 15.5. The fourth-order valence-corrected chi connectivity index (χ4v) is 2.51. The van der Waals surface area contributed by atoms with Crippen LogP contribution in [0.25, 0.3) is 0 Å². The standard InChI is InChI=1S/C15H29NO2/c1-4-11-18-12-15(17)16(10-9-13(2)3)14-7-5-6-8-14/h13-14H,4-12H2,1-3H3. The van der Waals surface area contributed by atoms with Crippen molar-refractivity contribution in [1.82, 2.24) is 4.90 Å². The van der Waals surface area contributed by atoms with Crippen LogP contribution in [0.15, 0.2) is 0 Å². The first-order chi connectivity index (χ1) is 8.65. The molecule has 0 aromatic heterocycles. The van der Waals surface area contributed by atoms with Crippen molar-refractivity contribution in [2.45, 2.75) is 65.3 Å². The van der Waals surface area contributed by atoms with Gasteiger partial charge in [0.25, 0.3) is 0 Å². The minimum atomic E-state index is 0.191. The summed E-state index contributed by atoms with van der Waals surface area (Å²) in [6, 6.07) is 0.474. The maximum atomic E-state index is 12.2. The highest BCUT2D eigenvalue weighted by atomic mass is 16.5. The molecule has 1 aliphatic rings. The maximum absolute atomic E-state index is 12.2. The van der Waals surface area contributed by atoms with Gasteiger partial charge in [0.1, 0.15) is 6.61 Å². The molecule has 106 valence electrons. The van der Waals surface area contributed by atoms with Crippen molar-refractivity contribution in [1.29, 1.82) is 0 Å². The van der Waals surface area contributed by atoms with Crippen LogP contribution in [0.3, 0.4) is 0 Å². The molecule has 0 N–H and O–H groups in total. The predicted octanol–water partition coefficient (Wildman–Crippen LogP) is 3.23. The van der Waals surface area contributed by atoms with E-state index in [-0.39, 0.29) is 12.5 Å². The molecule has 0 radical (unpaired) electrons. The Kier molecular flexibility index (Phi) is 7.33. The second-order valence-electron chi connectivity index (χ2n) is 5.76. The smallest absolute Gasteiger partial charge is 0.248 e. The van der Waals surface area contributed by atoms with Gasteiger partial charge in [-0.2, -0.15) is 0 Å². The molecule has 0 aromatic carbocycles. The minimum Gasteiger partial charge on any atom is -0.372 e. The van der Waals surface area contributed by atoms with Gasteiger partial charge >= 0.3 is 0 Å². The molecule has 3 heteroatoms. The van der Waals surface area contributed by atoms with Gasteiger partial charge < -0.3 is 9.64 Å². The van der Waals surface area contributed by atoms with Crippen molar-refractivity contribution in [3.8, 4) is 0 Å². The van der Waals surface area contributed by atoms with E-state index in [2.05, 4.69) is 25.7 Å². The minimum absolute atomic E-state index is 0.191. The zero-order chi connectivity index (χ0) is 13.4. The SMILES string of the molecule is CCCOCC(=O)N(CCC(C)C)C1CCCC1. The Morgan fingerprint density at radius 2 is 2.00 bits per heavy atom. The number of hydrogen-bond donors (Lipinski definition) is 0. The average Bonchev–Trinajstić information content (AvgIpc) is 2.83. The molecule has 0 atom stereocenters. The first-order valence-corrected chi connectivity index (χ1v) is 7.52. The number of hydrogen-bond acceptors (Lipinski definition) is 2. The van der Waals surface area contributed by atoms with Gasteiger partial charge in [-0.15, -0.1) is 0 Å². The van der Waals surface area contributed by atoms with E-state index in [9.17, 15) is 4.79 Å². The lowest BCUT2D eigenvalue weighted by Crippen LogP contribution is -2.42. The molecule has 1 rings (SSSR count). The van der Waals surface area contributed by atoms with Gasteiger partial charge in [-0.3, -0.25) is 4.79 Å². The third-order valence-corrected chi connectivity index (χ3v) is 3.61. The number of amides is 1. The Labute approximate surface area is 112 Å². The Morgan fingerprint density at radius 1 is 1.33 bits per heavy atom. The number of carbonyl (C=O) groups is 1. The van der Waals surface area contributed by atoms with Crippen LogP contribution < -0.4 is 0 Å². The van der Waals surface area contributed by atoms with Gasteiger partial charge in [0.15, 0.2) is 0 Å². The van der Waals surface area contributed by atoms with E-state index in [0.29, 0.717) is 18.6 Å². The number of rotatable bonds is 8. The van der Waals surface area contributed by atoms with E-state index in [0.717, 1.165) is 19.4 Å². The van der Waals surface area contributed by atoms with Crippen LogP contribution in [0, 0.1) is 5.92 Å². The van der Waals surface area contributed by atoms with Gasteiger partial charge in [-0.05, 0) is 31.6 Å². The normalized spacial score (nSPS) is 16.4. The second-order valence-corrected chi connectivity index (χ2v) is 5.76. The third kappa shape index (κ3) is 5.38. The molecule has 0 spiro atoms. The van der Waals surface area contributed by atoms with Crippen molar-refractivity contribution in [2.75, 3.05) is 19.8 Å². The highest BCUT2D eigenvalue weighted by Crippen LogP contribution is 2.24. The van der Waals surface area contributed by atoms with Gasteiger partial charge in [-0.25, -0.2) is 0 Å². The van der Waals surface area contributed by atoms with Gasteiger partial charge in [0, 0.05) is 19.2 Å². The van der Waals surface area contributed by atoms with E-state index in [4.69, 9.17) is 4.74 Å². The lowest BCUT2D eigenvalue weighted by atomic mass is 10.1. The Balaban J connectivity index is 2.44. The molecule has 0 aliphatic heterocycles. The third-order valence-electron chi connectivity index (χ3n) is 3.61. The second kappa shape index (κ2) is 8.52. The van der Waals surface area contributed by atoms with E-state index in [1.54, 1.807) is 0 Å². The van der Waals surface area contributed by atoms with Gasteiger partial charge in [-0.1, -0.05) is 33.6 Å². The summed E-state index contributed by atoms with van der Waals surface area (Å²) in [6.07, 6.45) is 6.96. The fraction of sp³-hybridized carbons (Fsp3) is 0.933. The van der Waals surface area contributed by atoms with Crippen LogP contribution in [0.4, 0.5) is 0 Å². The van der Waals surface area contributed by atoms with Crippen molar-refractivity contribution >= 4 is 5.91 Å². The number of nitrogens with zero attached hydrogens (tertiary/aromatic N) is 1. The molecule has 1 saturated carbocycles. The molecule has 0 saturated heterocycles. The monoisotopic (exact) mass is 255 g/mol. The molecule has 0 unspecified atom stereocenters. The zero-order valence-electron chi connectivity index (χ0n) is 12.3. The lowest BCUT2D eigenvalue weighted by molar-refractivity contribution is -0.138. The zero-order valence-corrected chi connectivity index (χ0v) is 12.3. The molecule has 0 heterocycles. The van der Waals surface area contributed by atoms with E-state index in [1.165, 1.54) is 25.7 Å². The molecule has 18 heavy (non-hydrogen) atoms. The molecule has 0 bridgehead atoms. The number of carbonyl (C=O) groups excluding carboxylic acids is 1. The molecular formula is C15H29NO2. The molecule has 1 fully saturated rings. The largest absolute Gasteiger partial charge is 0.372 e. The van der Waals surface area contributed by atoms with Crippen LogP contribution >= 0.6 is 0 Å². The van der Waals surface area contributed by atoms with Crippen LogP contribution in [0.1, 0.15) is 59.3 Å². The van der Waals surface area contributed by atoms with Crippen molar-refractivity contribution in [3.63, 3.8) is 0 Å².